The number of unbranched alkanes of at least 4 members (excludes halogenated alkanes) is 11. The van der Waals surface area contributed by atoms with E-state index >= 15 is 0 Å². The van der Waals surface area contributed by atoms with Gasteiger partial charge in [0.15, 0.2) is 0 Å². The van der Waals surface area contributed by atoms with Crippen LogP contribution in [-0.2, 0) is 33.3 Å². The number of rotatable bonds is 27. The van der Waals surface area contributed by atoms with Crippen molar-refractivity contribution in [3.8, 4) is 0 Å². The third kappa shape index (κ3) is 21.7. The van der Waals surface area contributed by atoms with E-state index in [0.717, 1.165) is 82.9 Å². The van der Waals surface area contributed by atoms with E-state index in [9.17, 15) is 19.2 Å². The number of thiol groups is 2. The summed E-state index contributed by atoms with van der Waals surface area (Å²) in [5.41, 5.74) is 1.26. The average molecular weight is 838 g/mol. The van der Waals surface area contributed by atoms with Gasteiger partial charge >= 0.3 is 18.0 Å². The Morgan fingerprint density at radius 1 is 0.947 bits per heavy atom. The Labute approximate surface area is 357 Å². The van der Waals surface area contributed by atoms with Gasteiger partial charge in [-0.15, -0.1) is 0 Å². The molecular weight excluding hydrogens is 759 g/mol. The molecule has 3 rings (SSSR count). The number of cyclic esters (lactones) is 1. The number of allylic oxidation sites excluding steroid dienone is 3. The number of carbonyl (C=O) groups excluding carboxylic acids is 4. The van der Waals surface area contributed by atoms with Crippen molar-refractivity contribution < 1.29 is 38.1 Å². The average Bonchev–Trinajstić information content (AvgIpc) is 3.17. The van der Waals surface area contributed by atoms with Gasteiger partial charge in [0.1, 0.15) is 24.6 Å². The summed E-state index contributed by atoms with van der Waals surface area (Å²) >= 11 is 8.49. The van der Waals surface area contributed by atoms with Crippen molar-refractivity contribution in [3.63, 3.8) is 0 Å². The van der Waals surface area contributed by atoms with Gasteiger partial charge in [-0.25, -0.2) is 4.79 Å². The lowest BCUT2D eigenvalue weighted by atomic mass is 9.65. The zero-order valence-corrected chi connectivity index (χ0v) is 37.9. The molecule has 3 aliphatic rings. The van der Waals surface area contributed by atoms with Gasteiger partial charge < -0.3 is 29.1 Å². The topological polar surface area (TPSA) is 117 Å². The zero-order valence-electron chi connectivity index (χ0n) is 36.1. The van der Waals surface area contributed by atoms with E-state index in [1.165, 1.54) is 50.5 Å². The number of esters is 2. The van der Waals surface area contributed by atoms with Crippen LogP contribution < -0.4 is 5.32 Å². The van der Waals surface area contributed by atoms with Crippen LogP contribution in [0.1, 0.15) is 163 Å². The molecule has 9 atom stereocenters. The fourth-order valence-electron chi connectivity index (χ4n) is 8.21. The maximum Gasteiger partial charge on any atom is 0.407 e. The van der Waals surface area contributed by atoms with Gasteiger partial charge in [0.2, 0.25) is 0 Å². The third-order valence-corrected chi connectivity index (χ3v) is 12.6. The number of amides is 1. The van der Waals surface area contributed by atoms with Crippen molar-refractivity contribution in [3.05, 3.63) is 23.8 Å². The van der Waals surface area contributed by atoms with E-state index in [0.29, 0.717) is 42.9 Å². The Morgan fingerprint density at radius 2 is 1.63 bits per heavy atom. The highest BCUT2D eigenvalue weighted by Gasteiger charge is 2.42. The Bertz CT molecular complexity index is 1200. The molecule has 9 unspecified atom stereocenters. The predicted octanol–water partition coefficient (Wildman–Crippen LogP) is 10.8. The molecule has 1 fully saturated rings. The number of hydrogen-bond donors (Lipinski definition) is 3. The second-order valence-electron chi connectivity index (χ2n) is 16.8. The van der Waals surface area contributed by atoms with Crippen LogP contribution in [0.2, 0.25) is 0 Å². The Morgan fingerprint density at radius 3 is 2.28 bits per heavy atom. The number of aldehydes is 1. The molecule has 328 valence electrons. The van der Waals surface area contributed by atoms with E-state index in [2.05, 4.69) is 62.6 Å². The molecule has 0 aromatic heterocycles. The van der Waals surface area contributed by atoms with Crippen molar-refractivity contribution in [2.45, 2.75) is 186 Å². The number of ether oxygens (including phenoxy) is 4. The van der Waals surface area contributed by atoms with E-state index in [1.807, 2.05) is 13.8 Å². The summed E-state index contributed by atoms with van der Waals surface area (Å²) < 4.78 is 22.6. The summed E-state index contributed by atoms with van der Waals surface area (Å²) in [4.78, 5) is 47.7. The summed E-state index contributed by atoms with van der Waals surface area (Å²) in [6.07, 6.45) is 27.2. The molecule has 11 heteroatoms. The highest BCUT2D eigenvalue weighted by atomic mass is 32.1. The predicted molar refractivity (Wildman–Crippen MR) is 237 cm³/mol. The van der Waals surface area contributed by atoms with E-state index in [1.54, 1.807) is 7.11 Å². The quantitative estimate of drug-likeness (QED) is 0.0246. The molecule has 0 bridgehead atoms. The molecular formula is C46H79NO8S2. The first-order chi connectivity index (χ1) is 27.5. The SMILES string of the molecule is CCC(C)C(=O)OC1CC(C)C=C2C=CC(C)C(CCC3CC(OC(=O)NCCCCCCCCCCCCOC)CC(=O)O3)C21.O=CCCCCC(S)CCS. The second kappa shape index (κ2) is 31.0. The molecule has 0 aromatic carbocycles. The molecule has 1 amide bonds. The summed E-state index contributed by atoms with van der Waals surface area (Å²) in [5.74, 6) is 1.43. The maximum absolute atomic E-state index is 12.8. The number of nitrogens with one attached hydrogen (secondary N) is 1. The largest absolute Gasteiger partial charge is 0.462 e. The van der Waals surface area contributed by atoms with Crippen LogP contribution >= 0.6 is 25.3 Å². The van der Waals surface area contributed by atoms with Crippen molar-refractivity contribution in [2.75, 3.05) is 26.0 Å². The zero-order chi connectivity index (χ0) is 41.8. The van der Waals surface area contributed by atoms with Gasteiger partial charge in [0, 0.05) is 44.3 Å². The van der Waals surface area contributed by atoms with Crippen molar-refractivity contribution >= 4 is 49.6 Å². The van der Waals surface area contributed by atoms with Crippen molar-refractivity contribution in [2.24, 2.45) is 29.6 Å². The number of carbonyl (C=O) groups is 4. The molecule has 1 saturated heterocycles. The molecule has 2 aliphatic carbocycles. The van der Waals surface area contributed by atoms with E-state index in [4.69, 9.17) is 18.9 Å². The molecule has 0 saturated carbocycles. The minimum atomic E-state index is -0.473. The van der Waals surface area contributed by atoms with Crippen LogP contribution in [-0.4, -0.2) is 73.9 Å². The van der Waals surface area contributed by atoms with Crippen LogP contribution in [0.4, 0.5) is 4.79 Å². The minimum absolute atomic E-state index is 0.0971. The van der Waals surface area contributed by atoms with Gasteiger partial charge in [-0.3, -0.25) is 9.59 Å². The number of methoxy groups -OCH3 is 1. The first kappa shape index (κ1) is 51.2. The lowest BCUT2D eigenvalue weighted by Gasteiger charge is -2.43. The summed E-state index contributed by atoms with van der Waals surface area (Å²) in [7, 11) is 1.76. The number of fused-ring (bicyclic) bond motifs is 1. The van der Waals surface area contributed by atoms with Crippen molar-refractivity contribution in [1.29, 1.82) is 0 Å². The Balaban J connectivity index is 0.000000886. The normalized spacial score (nSPS) is 25.1. The van der Waals surface area contributed by atoms with Gasteiger partial charge in [0.05, 0.1) is 12.3 Å². The summed E-state index contributed by atoms with van der Waals surface area (Å²) in [6.45, 7) is 9.80. The fraction of sp³-hybridized carbons (Fsp3) is 0.826. The summed E-state index contributed by atoms with van der Waals surface area (Å²) in [6, 6.07) is 0. The van der Waals surface area contributed by atoms with Gasteiger partial charge in [0.25, 0.3) is 0 Å². The Hall–Kier alpha value is -1.98. The Kier molecular flexibility index (Phi) is 27.8. The molecule has 0 aromatic rings. The lowest BCUT2D eigenvalue weighted by Crippen LogP contribution is -2.42. The van der Waals surface area contributed by atoms with Crippen LogP contribution in [0.25, 0.3) is 0 Å². The highest BCUT2D eigenvalue weighted by Crippen LogP contribution is 2.45. The minimum Gasteiger partial charge on any atom is -0.462 e. The molecule has 57 heavy (non-hydrogen) atoms. The molecule has 0 radical (unpaired) electrons. The smallest absolute Gasteiger partial charge is 0.407 e. The first-order valence-corrected chi connectivity index (χ1v) is 23.6. The number of alkyl carbamates (subject to hydrolysis) is 1. The van der Waals surface area contributed by atoms with Gasteiger partial charge in [-0.2, -0.15) is 25.3 Å². The van der Waals surface area contributed by atoms with E-state index < -0.39 is 12.2 Å². The first-order valence-electron chi connectivity index (χ1n) is 22.5. The second-order valence-corrected chi connectivity index (χ2v) is 18.0. The monoisotopic (exact) mass is 838 g/mol. The highest BCUT2D eigenvalue weighted by molar-refractivity contribution is 7.81. The molecule has 1 heterocycles. The van der Waals surface area contributed by atoms with Crippen molar-refractivity contribution in [1.82, 2.24) is 5.32 Å². The molecule has 0 spiro atoms. The van der Waals surface area contributed by atoms with Gasteiger partial charge in [-0.05, 0) is 86.9 Å². The van der Waals surface area contributed by atoms with E-state index in [-0.39, 0.29) is 48.3 Å². The van der Waals surface area contributed by atoms with Crippen LogP contribution in [0.3, 0.4) is 0 Å². The maximum atomic E-state index is 12.8. The number of hydrogen-bond acceptors (Lipinski definition) is 10. The molecule has 1 N–H and O–H groups in total. The standard InChI is InChI=1S/C38H63NO7.C8H16OS2/c1-6-28(3)37(41)46-34-24-27(2)23-30-18-17-29(4)33(36(30)34)20-19-31-25-32(26-35(40)44-31)45-38(42)39-21-15-13-11-9-7-8-10-12-14-16-22-43-5;9-6-3-1-2-4-8(11)5-7-10/h17-18,23,27-29,31-34,36H,6-16,19-22,24-26H2,1-5H3,(H,39,42);6,8,10-11H,1-5,7H2. The molecule has 1 aliphatic heterocycles. The van der Waals surface area contributed by atoms with Crippen LogP contribution in [0.5, 0.6) is 0 Å². The summed E-state index contributed by atoms with van der Waals surface area (Å²) in [5, 5.41) is 3.34. The van der Waals surface area contributed by atoms with Gasteiger partial charge in [-0.1, -0.05) is 104 Å². The fourth-order valence-corrected chi connectivity index (χ4v) is 9.04. The van der Waals surface area contributed by atoms with Crippen LogP contribution in [0, 0.1) is 29.6 Å². The third-order valence-electron chi connectivity index (χ3n) is 11.8. The van der Waals surface area contributed by atoms with Crippen LogP contribution in [0.15, 0.2) is 23.8 Å². The lowest BCUT2D eigenvalue weighted by molar-refractivity contribution is -0.162. The molecule has 9 nitrogen and oxygen atoms in total.